The number of benzene rings is 4. The van der Waals surface area contributed by atoms with Crippen LogP contribution in [-0.2, 0) is 46.3 Å². The van der Waals surface area contributed by atoms with Gasteiger partial charge in [0.25, 0.3) is 11.8 Å². The number of anilines is 2. The van der Waals surface area contributed by atoms with Gasteiger partial charge in [-0.25, -0.2) is 41.3 Å². The third-order valence-corrected chi connectivity index (χ3v) is 12.5. The quantitative estimate of drug-likeness (QED) is 0.0963. The summed E-state index contributed by atoms with van der Waals surface area (Å²) in [6.07, 6.45) is 6.75. The van der Waals surface area contributed by atoms with E-state index in [4.69, 9.17) is 27.9 Å². The van der Waals surface area contributed by atoms with E-state index in [9.17, 15) is 26.8 Å². The van der Waals surface area contributed by atoms with Crippen molar-refractivity contribution in [1.29, 1.82) is 0 Å². The van der Waals surface area contributed by atoms with E-state index in [-0.39, 0.29) is 79.0 Å². The number of carbonyl (C=O) groups excluding carboxylic acids is 2. The van der Waals surface area contributed by atoms with Crippen LogP contribution in [0.25, 0.3) is 0 Å². The Morgan fingerprint density at radius 3 is 1.64 bits per heavy atom. The number of amides is 2. The van der Waals surface area contributed by atoms with E-state index in [1.54, 1.807) is 20.8 Å². The van der Waals surface area contributed by atoms with Gasteiger partial charge >= 0.3 is 29.6 Å². The Morgan fingerprint density at radius 2 is 1.20 bits per heavy atom. The molecule has 23 heteroatoms. The summed E-state index contributed by atoms with van der Waals surface area (Å²) in [6, 6.07) is 24.7. The number of nitrogens with one attached hydrogen (secondary N) is 3. The fourth-order valence-electron chi connectivity index (χ4n) is 5.60. The molecule has 3 heterocycles. The molecule has 4 aromatic carbocycles. The molecular weight excluding hydrogens is 979 g/mol. The first-order chi connectivity index (χ1) is 31.8. The van der Waals surface area contributed by atoms with Gasteiger partial charge in [0, 0.05) is 34.4 Å². The second-order valence-electron chi connectivity index (χ2n) is 16.8. The molecule has 3 radical (unpaired) electrons. The van der Waals surface area contributed by atoms with Gasteiger partial charge in [-0.15, -0.1) is 10.2 Å². The van der Waals surface area contributed by atoms with Gasteiger partial charge < -0.3 is 16.8 Å². The summed E-state index contributed by atoms with van der Waals surface area (Å²) in [5.74, 6) is -3.12. The second kappa shape index (κ2) is 27.8. The maximum absolute atomic E-state index is 14.5. The Labute approximate surface area is 441 Å². The summed E-state index contributed by atoms with van der Waals surface area (Å²) >= 11 is 11.9. The smallest absolute Gasteiger partial charge is 1.00 e. The molecule has 0 saturated carbocycles. The number of hydrogen-bond donors (Lipinski definition) is 3. The van der Waals surface area contributed by atoms with Crippen LogP contribution in [0, 0.1) is 11.6 Å². The molecule has 2 amide bonds. The van der Waals surface area contributed by atoms with Crippen molar-refractivity contribution in [2.45, 2.75) is 83.5 Å². The van der Waals surface area contributed by atoms with E-state index >= 15 is 0 Å². The van der Waals surface area contributed by atoms with E-state index in [2.05, 4.69) is 39.9 Å². The van der Waals surface area contributed by atoms with Crippen LogP contribution in [0.1, 0.15) is 99.3 Å². The number of nitrogens with zero attached hydrogens (tertiary/aromatic N) is 7. The van der Waals surface area contributed by atoms with Gasteiger partial charge in [-0.3, -0.25) is 9.59 Å². The predicted molar refractivity (Wildman–Crippen MR) is 267 cm³/mol. The Hall–Kier alpha value is -4.51. The minimum absolute atomic E-state index is 0. The molecule has 1 saturated heterocycles. The Balaban J connectivity index is 0.000000419. The summed E-state index contributed by atoms with van der Waals surface area (Å²) in [7, 11) is -2.80. The Bertz CT molecular complexity index is 2700. The average molecular weight is 1030 g/mol. The van der Waals surface area contributed by atoms with E-state index in [0.717, 1.165) is 24.3 Å². The molecule has 1 fully saturated rings. The van der Waals surface area contributed by atoms with Crippen molar-refractivity contribution in [2.24, 2.45) is 4.40 Å². The molecule has 0 spiro atoms. The first-order valence-electron chi connectivity index (χ1n) is 20.9. The number of ether oxygens (including phenoxy) is 1. The van der Waals surface area contributed by atoms with Crippen LogP contribution < -0.4 is 44.9 Å². The van der Waals surface area contributed by atoms with Crippen molar-refractivity contribution in [1.82, 2.24) is 34.3 Å². The van der Waals surface area contributed by atoms with Gasteiger partial charge in [0.2, 0.25) is 11.6 Å². The van der Waals surface area contributed by atoms with E-state index in [1.807, 2.05) is 81.4 Å². The normalized spacial score (nSPS) is 13.1. The molecule has 15 nitrogen and oxygen atoms in total. The Kier molecular flexibility index (Phi) is 23.7. The van der Waals surface area contributed by atoms with Crippen molar-refractivity contribution in [3.8, 4) is 0 Å². The zero-order valence-electron chi connectivity index (χ0n) is 40.3. The van der Waals surface area contributed by atoms with Crippen molar-refractivity contribution in [3.05, 3.63) is 153 Å². The summed E-state index contributed by atoms with van der Waals surface area (Å²) in [5, 5.41) is 12.8. The standard InChI is InChI=1S/C21H23ClFN5O2S.C21H21ClFN5O2S.C4H8O.B.Na.H/c2*1-21(2,3)31(30)25-11-15-9-16(22)18(23)17(10-15)26-20(29)19-24-13-28(27-19)12-14-7-5-4-6-8-14;1-2-4-5-3-1;;;/h4-10,13,25H,11-12H2,1-3H3,(H,26,29);4-11,13H,12H2,1-3H3,(H,26,29);1-4H2;;;/q;;;;+1;-1/t2*31-;;;;/m11..../s1. The van der Waals surface area contributed by atoms with E-state index < -0.39 is 54.9 Å². The first kappa shape index (κ1) is 58.8. The molecule has 0 bridgehead atoms. The fraction of sp³-hybridized carbons (Fsp3) is 0.326. The predicted octanol–water partition coefficient (Wildman–Crippen LogP) is 5.71. The largest absolute Gasteiger partial charge is 1.00 e. The van der Waals surface area contributed by atoms with Gasteiger partial charge in [0.15, 0.2) is 11.6 Å². The third-order valence-electron chi connectivity index (χ3n) is 9.10. The molecule has 361 valence electrons. The molecule has 1 aliphatic rings. The first-order valence-corrected chi connectivity index (χ1v) is 23.9. The SMILES string of the molecule is C1CCOC1.CC(C)(C)[S@@](=O)N=Cc1cc(Cl)c(F)c(NC(=O)c2ncn(Cc3ccccc3)n2)c1.CC(C)(C)[S@@](=O)NCc1cc(Cl)c(F)c(NC(=O)c2ncn(Cc3ccccc3)n2)c1.[B].[H-].[Na+]. The van der Waals surface area contributed by atoms with Crippen LogP contribution >= 0.6 is 23.2 Å². The van der Waals surface area contributed by atoms with Crippen LogP contribution in [0.15, 0.2) is 102 Å². The summed E-state index contributed by atoms with van der Waals surface area (Å²) in [5.41, 5.74) is 2.71. The molecule has 0 aliphatic carbocycles. The number of halogens is 4. The Morgan fingerprint density at radius 1 is 0.739 bits per heavy atom. The zero-order chi connectivity index (χ0) is 48.7. The van der Waals surface area contributed by atoms with Crippen LogP contribution in [0.4, 0.5) is 20.2 Å². The van der Waals surface area contributed by atoms with Crippen molar-refractivity contribution >= 4 is 83.0 Å². The van der Waals surface area contributed by atoms with Crippen LogP contribution in [-0.4, -0.2) is 87.1 Å². The zero-order valence-corrected chi connectivity index (χ0v) is 44.5. The van der Waals surface area contributed by atoms with Crippen LogP contribution in [0.2, 0.25) is 10.0 Å². The van der Waals surface area contributed by atoms with Gasteiger partial charge in [0.05, 0.1) is 55.0 Å². The van der Waals surface area contributed by atoms with Crippen LogP contribution in [0.5, 0.6) is 0 Å². The fourth-order valence-corrected chi connectivity index (χ4v) is 7.34. The summed E-state index contributed by atoms with van der Waals surface area (Å²) in [4.78, 5) is 33.0. The van der Waals surface area contributed by atoms with Crippen molar-refractivity contribution < 1.29 is 62.5 Å². The van der Waals surface area contributed by atoms with Crippen molar-refractivity contribution in [3.63, 3.8) is 0 Å². The second-order valence-corrected chi connectivity index (χ2v) is 21.6. The van der Waals surface area contributed by atoms with Gasteiger partial charge in [0.1, 0.15) is 23.6 Å². The molecule has 3 N–H and O–H groups in total. The number of hydrogen-bond acceptors (Lipinski definition) is 9. The van der Waals surface area contributed by atoms with Crippen molar-refractivity contribution in [2.75, 3.05) is 23.8 Å². The number of aromatic nitrogens is 6. The van der Waals surface area contributed by atoms with Gasteiger partial charge in [-0.2, -0.15) is 4.40 Å². The third kappa shape index (κ3) is 19.0. The maximum atomic E-state index is 14.5. The maximum Gasteiger partial charge on any atom is 1.00 e. The molecule has 2 atom stereocenters. The molecule has 6 aromatic rings. The summed E-state index contributed by atoms with van der Waals surface area (Å²) < 4.78 is 67.0. The topological polar surface area (TPSA) is 187 Å². The van der Waals surface area contributed by atoms with Gasteiger partial charge in [-0.1, -0.05) is 83.9 Å². The molecule has 2 aromatic heterocycles. The molecule has 0 unspecified atom stereocenters. The molecule has 69 heavy (non-hydrogen) atoms. The molecule has 7 rings (SSSR count). The monoisotopic (exact) mass is 1030 g/mol. The number of carbonyl (C=O) groups is 2. The minimum atomic E-state index is -1.49. The van der Waals surface area contributed by atoms with E-state index in [0.29, 0.717) is 24.2 Å². The van der Waals surface area contributed by atoms with Gasteiger partial charge in [-0.05, 0) is 101 Å². The van der Waals surface area contributed by atoms with Crippen LogP contribution in [0.3, 0.4) is 0 Å². The average Bonchev–Trinajstić information content (AvgIpc) is 4.11. The minimum Gasteiger partial charge on any atom is -1.00 e. The van der Waals surface area contributed by atoms with E-state index in [1.165, 1.54) is 65.3 Å². The summed E-state index contributed by atoms with van der Waals surface area (Å²) in [6.45, 7) is 14.0. The molecular formula is C46H53BCl2F2N10NaO5S2. The molecule has 1 aliphatic heterocycles. The number of rotatable bonds is 13.